The molecule has 1 unspecified atom stereocenters. The SMILES string of the molecule is CC(CCNC(=O)OCC1c2ccccc2-c2ccccc21)C(=O)N[C@@H](C(=O)O)c1ccccc1. The van der Waals surface area contributed by atoms with Crippen LogP contribution in [0.4, 0.5) is 4.79 Å². The van der Waals surface area contributed by atoms with E-state index in [9.17, 15) is 19.5 Å². The maximum atomic E-state index is 12.5. The van der Waals surface area contributed by atoms with Crippen molar-refractivity contribution < 1.29 is 24.2 Å². The molecule has 4 rings (SSSR count). The van der Waals surface area contributed by atoms with Crippen LogP contribution in [0.15, 0.2) is 78.9 Å². The van der Waals surface area contributed by atoms with Gasteiger partial charge in [-0.15, -0.1) is 0 Å². The van der Waals surface area contributed by atoms with Crippen LogP contribution in [0, 0.1) is 5.92 Å². The molecule has 0 heterocycles. The first-order valence-electron chi connectivity index (χ1n) is 11.6. The molecule has 1 aliphatic carbocycles. The van der Waals surface area contributed by atoms with E-state index in [1.54, 1.807) is 37.3 Å². The second-order valence-corrected chi connectivity index (χ2v) is 8.63. The number of carbonyl (C=O) groups excluding carboxylic acids is 2. The molecule has 0 bridgehead atoms. The Morgan fingerprint density at radius 2 is 1.46 bits per heavy atom. The summed E-state index contributed by atoms with van der Waals surface area (Å²) >= 11 is 0. The molecule has 0 spiro atoms. The number of hydrogen-bond acceptors (Lipinski definition) is 4. The van der Waals surface area contributed by atoms with Gasteiger partial charge in [0, 0.05) is 18.4 Å². The summed E-state index contributed by atoms with van der Waals surface area (Å²) in [6.07, 6.45) is -0.205. The van der Waals surface area contributed by atoms with Gasteiger partial charge in [-0.2, -0.15) is 0 Å². The average Bonchev–Trinajstić information content (AvgIpc) is 3.19. The number of ether oxygens (including phenoxy) is 1. The zero-order valence-electron chi connectivity index (χ0n) is 19.4. The highest BCUT2D eigenvalue weighted by Crippen LogP contribution is 2.44. The minimum atomic E-state index is -1.13. The maximum Gasteiger partial charge on any atom is 0.407 e. The lowest BCUT2D eigenvalue weighted by molar-refractivity contribution is -0.142. The first-order valence-corrected chi connectivity index (χ1v) is 11.6. The first kappa shape index (κ1) is 24.0. The smallest absolute Gasteiger partial charge is 0.407 e. The van der Waals surface area contributed by atoms with Crippen molar-refractivity contribution in [2.75, 3.05) is 13.2 Å². The van der Waals surface area contributed by atoms with Crippen LogP contribution in [0.1, 0.15) is 42.0 Å². The Morgan fingerprint density at radius 1 is 0.886 bits per heavy atom. The van der Waals surface area contributed by atoms with Crippen molar-refractivity contribution in [2.24, 2.45) is 5.92 Å². The molecule has 0 aliphatic heterocycles. The van der Waals surface area contributed by atoms with Crippen molar-refractivity contribution in [2.45, 2.75) is 25.3 Å². The van der Waals surface area contributed by atoms with Crippen molar-refractivity contribution >= 4 is 18.0 Å². The van der Waals surface area contributed by atoms with E-state index in [-0.39, 0.29) is 19.1 Å². The molecule has 1 aliphatic rings. The number of carboxylic acids is 1. The fraction of sp³-hybridized carbons (Fsp3) is 0.250. The Balaban J connectivity index is 1.25. The van der Waals surface area contributed by atoms with Crippen molar-refractivity contribution in [1.29, 1.82) is 0 Å². The predicted octanol–water partition coefficient (Wildman–Crippen LogP) is 4.49. The Bertz CT molecular complexity index is 1170. The molecule has 180 valence electrons. The normalized spacial score (nSPS) is 13.7. The van der Waals surface area contributed by atoms with E-state index in [1.165, 1.54) is 0 Å². The third kappa shape index (κ3) is 5.51. The van der Waals surface area contributed by atoms with Gasteiger partial charge in [0.2, 0.25) is 5.91 Å². The van der Waals surface area contributed by atoms with E-state index >= 15 is 0 Å². The number of nitrogens with one attached hydrogen (secondary N) is 2. The molecule has 2 amide bonds. The quantitative estimate of drug-likeness (QED) is 0.426. The van der Waals surface area contributed by atoms with Gasteiger partial charge in [-0.3, -0.25) is 4.79 Å². The van der Waals surface area contributed by atoms with Crippen LogP contribution < -0.4 is 10.6 Å². The number of hydrogen-bond donors (Lipinski definition) is 3. The van der Waals surface area contributed by atoms with Gasteiger partial charge < -0.3 is 20.5 Å². The highest BCUT2D eigenvalue weighted by Gasteiger charge is 2.29. The molecule has 3 aromatic rings. The molecule has 0 radical (unpaired) electrons. The summed E-state index contributed by atoms with van der Waals surface area (Å²) in [6, 6.07) is 23.6. The van der Waals surface area contributed by atoms with Crippen LogP contribution in [0.2, 0.25) is 0 Å². The van der Waals surface area contributed by atoms with Crippen LogP contribution in [0.3, 0.4) is 0 Å². The Labute approximate surface area is 204 Å². The summed E-state index contributed by atoms with van der Waals surface area (Å²) in [5, 5.41) is 14.7. The summed E-state index contributed by atoms with van der Waals surface area (Å²) < 4.78 is 5.51. The van der Waals surface area contributed by atoms with Gasteiger partial charge in [0.05, 0.1) is 0 Å². The molecule has 0 saturated heterocycles. The molecule has 3 aromatic carbocycles. The highest BCUT2D eigenvalue weighted by molar-refractivity contribution is 5.85. The second-order valence-electron chi connectivity index (χ2n) is 8.63. The molecule has 7 nitrogen and oxygen atoms in total. The lowest BCUT2D eigenvalue weighted by atomic mass is 9.98. The molecule has 0 saturated carbocycles. The molecular weight excluding hydrogens is 444 g/mol. The lowest BCUT2D eigenvalue weighted by Gasteiger charge is -2.18. The average molecular weight is 473 g/mol. The number of carbonyl (C=O) groups is 3. The van der Waals surface area contributed by atoms with Gasteiger partial charge in [0.25, 0.3) is 0 Å². The minimum absolute atomic E-state index is 0.0243. The second kappa shape index (κ2) is 10.9. The molecule has 7 heteroatoms. The van der Waals surface area contributed by atoms with Gasteiger partial charge >= 0.3 is 12.1 Å². The number of carboxylic acid groups (broad SMARTS) is 1. The number of amides is 2. The number of rotatable bonds is 9. The molecule has 0 fully saturated rings. The van der Waals surface area contributed by atoms with Crippen LogP contribution in [-0.4, -0.2) is 36.2 Å². The topological polar surface area (TPSA) is 105 Å². The highest BCUT2D eigenvalue weighted by atomic mass is 16.5. The van der Waals surface area contributed by atoms with Crippen molar-refractivity contribution in [3.63, 3.8) is 0 Å². The van der Waals surface area contributed by atoms with Crippen LogP contribution in [0.5, 0.6) is 0 Å². The predicted molar refractivity (Wildman–Crippen MR) is 132 cm³/mol. The summed E-state index contributed by atoms with van der Waals surface area (Å²) in [6.45, 7) is 2.14. The van der Waals surface area contributed by atoms with Crippen molar-refractivity contribution in [3.8, 4) is 11.1 Å². The van der Waals surface area contributed by atoms with Gasteiger partial charge in [-0.25, -0.2) is 9.59 Å². The monoisotopic (exact) mass is 472 g/mol. The van der Waals surface area contributed by atoms with Crippen LogP contribution in [-0.2, 0) is 14.3 Å². The Morgan fingerprint density at radius 3 is 2.06 bits per heavy atom. The molecular formula is C28H28N2O5. The number of benzene rings is 3. The van der Waals surface area contributed by atoms with Gasteiger partial charge in [0.15, 0.2) is 6.04 Å². The minimum Gasteiger partial charge on any atom is -0.479 e. The molecule has 35 heavy (non-hydrogen) atoms. The van der Waals surface area contributed by atoms with E-state index in [0.29, 0.717) is 12.0 Å². The number of alkyl carbamates (subject to hydrolysis) is 1. The van der Waals surface area contributed by atoms with Crippen molar-refractivity contribution in [3.05, 3.63) is 95.6 Å². The van der Waals surface area contributed by atoms with Gasteiger partial charge in [-0.1, -0.05) is 85.8 Å². The van der Waals surface area contributed by atoms with Crippen LogP contribution in [0.25, 0.3) is 11.1 Å². The van der Waals surface area contributed by atoms with E-state index in [1.807, 2.05) is 24.3 Å². The van der Waals surface area contributed by atoms with E-state index < -0.39 is 29.9 Å². The number of fused-ring (bicyclic) bond motifs is 3. The first-order chi connectivity index (χ1) is 17.0. The fourth-order valence-electron chi connectivity index (χ4n) is 4.39. The third-order valence-electron chi connectivity index (χ3n) is 6.30. The molecule has 3 N–H and O–H groups in total. The largest absolute Gasteiger partial charge is 0.479 e. The van der Waals surface area contributed by atoms with Crippen molar-refractivity contribution in [1.82, 2.24) is 10.6 Å². The molecule has 2 atom stereocenters. The van der Waals surface area contributed by atoms with Gasteiger partial charge in [0.1, 0.15) is 6.61 Å². The summed E-state index contributed by atoms with van der Waals surface area (Å²) in [7, 11) is 0. The zero-order valence-corrected chi connectivity index (χ0v) is 19.4. The third-order valence-corrected chi connectivity index (χ3v) is 6.30. The lowest BCUT2D eigenvalue weighted by Crippen LogP contribution is -2.38. The summed E-state index contributed by atoms with van der Waals surface area (Å²) in [5.74, 6) is -2.04. The summed E-state index contributed by atoms with van der Waals surface area (Å²) in [4.78, 5) is 36.4. The van der Waals surface area contributed by atoms with E-state index in [0.717, 1.165) is 22.3 Å². The summed E-state index contributed by atoms with van der Waals surface area (Å²) in [5.41, 5.74) is 5.09. The van der Waals surface area contributed by atoms with Gasteiger partial charge in [-0.05, 0) is 34.2 Å². The maximum absolute atomic E-state index is 12.5. The molecule has 0 aromatic heterocycles. The van der Waals surface area contributed by atoms with E-state index in [2.05, 4.69) is 34.9 Å². The zero-order chi connectivity index (χ0) is 24.8. The number of aliphatic carboxylic acids is 1. The van der Waals surface area contributed by atoms with Crippen LogP contribution >= 0.6 is 0 Å². The fourth-order valence-corrected chi connectivity index (χ4v) is 4.39. The standard InChI is InChI=1S/C28H28N2O5/c1-18(26(31)30-25(27(32)33)19-9-3-2-4-10-19)15-16-29-28(34)35-17-24-22-13-7-5-11-20(22)21-12-6-8-14-23(21)24/h2-14,18,24-25H,15-17H2,1H3,(H,29,34)(H,30,31)(H,32,33)/t18?,25-/m1/s1. The Kier molecular flexibility index (Phi) is 7.45. The van der Waals surface area contributed by atoms with E-state index in [4.69, 9.17) is 4.74 Å². The Hall–Kier alpha value is -4.13.